The van der Waals surface area contributed by atoms with Gasteiger partial charge in [0.1, 0.15) is 29.5 Å². The average Bonchev–Trinajstić information content (AvgIpc) is 3.57. The Balaban J connectivity index is 0.00000194. The Bertz CT molecular complexity index is 1450. The van der Waals surface area contributed by atoms with Crippen LogP contribution < -0.4 is 10.1 Å². The highest BCUT2D eigenvalue weighted by molar-refractivity contribution is 5.99. The number of nitrogens with zero attached hydrogens (tertiary/aromatic N) is 2. The summed E-state index contributed by atoms with van der Waals surface area (Å²) in [4.78, 5) is 21.2. The number of carbonyl (C=O) groups is 1. The van der Waals surface area contributed by atoms with E-state index >= 15 is 0 Å². The lowest BCUT2D eigenvalue weighted by Crippen LogP contribution is -2.47. The number of amides is 1. The van der Waals surface area contributed by atoms with Gasteiger partial charge < -0.3 is 34.4 Å². The molecule has 2 saturated heterocycles. The topological polar surface area (TPSA) is 94.0 Å². The fourth-order valence-electron chi connectivity index (χ4n) is 5.69. The number of fused-ring (bicyclic) bond motifs is 2. The van der Waals surface area contributed by atoms with E-state index in [-0.39, 0.29) is 55.3 Å². The van der Waals surface area contributed by atoms with Gasteiger partial charge in [0.05, 0.1) is 12.4 Å². The number of hydrogen-bond acceptors (Lipinski definition) is 6. The maximum Gasteiger partial charge on any atom is 0.267 e. The SMILES string of the molecule is Cl.Cl.O=C(NC1CCN(CCN2CCC(O)CC2)CC1)c1cc2c(OCc3coc4cc(F)ccc34)cccc2[nH]1. The van der Waals surface area contributed by atoms with Crippen molar-refractivity contribution in [2.24, 2.45) is 0 Å². The number of rotatable bonds is 8. The van der Waals surface area contributed by atoms with Crippen molar-refractivity contribution in [3.8, 4) is 5.75 Å². The minimum atomic E-state index is -0.340. The first kappa shape index (κ1) is 31.1. The lowest BCUT2D eigenvalue weighted by Gasteiger charge is -2.35. The van der Waals surface area contributed by atoms with E-state index in [9.17, 15) is 14.3 Å². The lowest BCUT2D eigenvalue weighted by atomic mass is 10.0. The summed E-state index contributed by atoms with van der Waals surface area (Å²) in [6.45, 7) is 6.25. The average molecular weight is 608 g/mol. The summed E-state index contributed by atoms with van der Waals surface area (Å²) in [5.41, 5.74) is 2.66. The van der Waals surface area contributed by atoms with Gasteiger partial charge in [-0.05, 0) is 56.0 Å². The third-order valence-corrected chi connectivity index (χ3v) is 8.08. The number of hydrogen-bond donors (Lipinski definition) is 3. The summed E-state index contributed by atoms with van der Waals surface area (Å²) in [6.07, 6.45) is 5.07. The highest BCUT2D eigenvalue weighted by Crippen LogP contribution is 2.29. The van der Waals surface area contributed by atoms with Gasteiger partial charge in [0, 0.05) is 73.2 Å². The minimum Gasteiger partial charge on any atom is -0.488 e. The zero-order valence-electron chi connectivity index (χ0n) is 22.8. The van der Waals surface area contributed by atoms with Crippen molar-refractivity contribution >= 4 is 52.6 Å². The number of H-pyrrole nitrogens is 1. The summed E-state index contributed by atoms with van der Waals surface area (Å²) < 4.78 is 25.0. The molecule has 3 N–H and O–H groups in total. The molecule has 8 nitrogen and oxygen atoms in total. The zero-order chi connectivity index (χ0) is 26.8. The molecule has 2 fully saturated rings. The van der Waals surface area contributed by atoms with Gasteiger partial charge in [-0.1, -0.05) is 6.07 Å². The molecule has 4 aromatic rings. The van der Waals surface area contributed by atoms with Crippen molar-refractivity contribution in [1.82, 2.24) is 20.1 Å². The summed E-state index contributed by atoms with van der Waals surface area (Å²) in [5, 5.41) is 14.5. The number of piperidine rings is 2. The van der Waals surface area contributed by atoms with Gasteiger partial charge in [-0.25, -0.2) is 4.39 Å². The molecule has 2 aliphatic heterocycles. The fraction of sp³-hybridized carbons (Fsp3) is 0.433. The van der Waals surface area contributed by atoms with Crippen molar-refractivity contribution in [3.05, 3.63) is 65.8 Å². The van der Waals surface area contributed by atoms with Crippen LogP contribution >= 0.6 is 24.8 Å². The molecule has 0 unspecified atom stereocenters. The fourth-order valence-corrected chi connectivity index (χ4v) is 5.69. The first-order chi connectivity index (χ1) is 19.0. The van der Waals surface area contributed by atoms with E-state index < -0.39 is 0 Å². The van der Waals surface area contributed by atoms with Gasteiger partial charge in [0.2, 0.25) is 0 Å². The molecular formula is C30H37Cl2FN4O4. The first-order valence-electron chi connectivity index (χ1n) is 13.9. The molecule has 41 heavy (non-hydrogen) atoms. The summed E-state index contributed by atoms with van der Waals surface area (Å²) >= 11 is 0. The lowest BCUT2D eigenvalue weighted by molar-refractivity contribution is 0.0729. The van der Waals surface area contributed by atoms with E-state index in [1.54, 1.807) is 12.3 Å². The predicted octanol–water partition coefficient (Wildman–Crippen LogP) is 5.13. The molecule has 2 aromatic heterocycles. The van der Waals surface area contributed by atoms with Crippen LogP contribution in [0.4, 0.5) is 4.39 Å². The summed E-state index contributed by atoms with van der Waals surface area (Å²) in [5.74, 6) is 0.217. The van der Waals surface area contributed by atoms with Crippen molar-refractivity contribution in [3.63, 3.8) is 0 Å². The molecule has 0 bridgehead atoms. The normalized spacial score (nSPS) is 17.3. The molecule has 4 heterocycles. The van der Waals surface area contributed by atoms with Gasteiger partial charge in [0.15, 0.2) is 0 Å². The molecule has 222 valence electrons. The largest absolute Gasteiger partial charge is 0.488 e. The predicted molar refractivity (Wildman–Crippen MR) is 162 cm³/mol. The van der Waals surface area contributed by atoms with Crippen LogP contribution in [-0.4, -0.2) is 77.2 Å². The number of halogens is 3. The highest BCUT2D eigenvalue weighted by Gasteiger charge is 2.23. The Kier molecular flexibility index (Phi) is 10.5. The van der Waals surface area contributed by atoms with E-state index in [1.807, 2.05) is 24.3 Å². The number of nitrogens with one attached hydrogen (secondary N) is 2. The number of likely N-dealkylation sites (tertiary alicyclic amines) is 2. The number of aliphatic hydroxyl groups is 1. The van der Waals surface area contributed by atoms with Crippen molar-refractivity contribution < 1.29 is 23.4 Å². The summed E-state index contributed by atoms with van der Waals surface area (Å²) in [6, 6.07) is 12.2. The number of aromatic amines is 1. The zero-order valence-corrected chi connectivity index (χ0v) is 24.4. The van der Waals surface area contributed by atoms with Crippen molar-refractivity contribution in [2.75, 3.05) is 39.3 Å². The van der Waals surface area contributed by atoms with Crippen LogP contribution in [0.1, 0.15) is 41.7 Å². The Labute approximate surface area is 251 Å². The van der Waals surface area contributed by atoms with Gasteiger partial charge in [-0.3, -0.25) is 4.79 Å². The van der Waals surface area contributed by atoms with Crippen LogP contribution in [0.5, 0.6) is 5.75 Å². The molecule has 0 spiro atoms. The van der Waals surface area contributed by atoms with E-state index in [0.29, 0.717) is 17.0 Å². The molecular weight excluding hydrogens is 570 g/mol. The second-order valence-electron chi connectivity index (χ2n) is 10.8. The van der Waals surface area contributed by atoms with Gasteiger partial charge in [-0.2, -0.15) is 0 Å². The van der Waals surface area contributed by atoms with Crippen molar-refractivity contribution in [1.29, 1.82) is 0 Å². The van der Waals surface area contributed by atoms with E-state index in [0.717, 1.165) is 86.8 Å². The Hall–Kier alpha value is -2.82. The monoisotopic (exact) mass is 606 g/mol. The van der Waals surface area contributed by atoms with Gasteiger partial charge >= 0.3 is 0 Å². The van der Waals surface area contributed by atoms with Crippen molar-refractivity contribution in [2.45, 2.75) is 44.4 Å². The maximum atomic E-state index is 13.5. The Morgan fingerprint density at radius 2 is 1.71 bits per heavy atom. The Morgan fingerprint density at radius 3 is 2.44 bits per heavy atom. The number of furan rings is 1. The molecule has 2 aromatic carbocycles. The third-order valence-electron chi connectivity index (χ3n) is 8.08. The van der Waals surface area contributed by atoms with Crippen LogP contribution in [0.15, 0.2) is 53.1 Å². The molecule has 0 radical (unpaired) electrons. The molecule has 2 aliphatic rings. The molecule has 0 saturated carbocycles. The second-order valence-corrected chi connectivity index (χ2v) is 10.8. The number of aliphatic hydroxyl groups excluding tert-OH is 1. The molecule has 0 atom stereocenters. The number of carbonyl (C=O) groups excluding carboxylic acids is 1. The molecule has 0 aliphatic carbocycles. The van der Waals surface area contributed by atoms with Crippen LogP contribution in [0.25, 0.3) is 21.9 Å². The van der Waals surface area contributed by atoms with Crippen LogP contribution in [-0.2, 0) is 6.61 Å². The number of ether oxygens (including phenoxy) is 1. The van der Waals surface area contributed by atoms with Gasteiger partial charge in [0.25, 0.3) is 5.91 Å². The highest BCUT2D eigenvalue weighted by atomic mass is 35.5. The van der Waals surface area contributed by atoms with E-state index in [2.05, 4.69) is 20.1 Å². The number of aromatic nitrogens is 1. The molecule has 6 rings (SSSR count). The first-order valence-corrected chi connectivity index (χ1v) is 13.9. The quantitative estimate of drug-likeness (QED) is 0.257. The number of benzene rings is 2. The second kappa shape index (κ2) is 13.9. The van der Waals surface area contributed by atoms with Crippen LogP contribution in [0, 0.1) is 5.82 Å². The smallest absolute Gasteiger partial charge is 0.267 e. The Morgan fingerprint density at radius 1 is 1.00 bits per heavy atom. The third kappa shape index (κ3) is 7.34. The maximum absolute atomic E-state index is 13.5. The molecule has 11 heteroatoms. The van der Waals surface area contributed by atoms with E-state index in [1.165, 1.54) is 12.1 Å². The minimum absolute atomic E-state index is 0. The van der Waals surface area contributed by atoms with Crippen LogP contribution in [0.2, 0.25) is 0 Å². The standard InChI is InChI=1S/C30H35FN4O4.2ClH/c31-21-4-5-24-20(19-39-29(24)16-21)18-38-28-3-1-2-26-25(28)17-27(33-26)30(37)32-22-6-10-34(11-7-22)14-15-35-12-8-23(36)9-13-35;;/h1-5,16-17,19,22-23,33,36H,6-15,18H2,(H,32,37);2*1H. The molecule has 1 amide bonds. The van der Waals surface area contributed by atoms with Crippen LogP contribution in [0.3, 0.4) is 0 Å². The summed E-state index contributed by atoms with van der Waals surface area (Å²) in [7, 11) is 0. The van der Waals surface area contributed by atoms with E-state index in [4.69, 9.17) is 9.15 Å². The van der Waals surface area contributed by atoms with Gasteiger partial charge in [-0.15, -0.1) is 24.8 Å².